The number of aryl methyl sites for hydroxylation is 4. The van der Waals surface area contributed by atoms with Crippen LogP contribution in [0.4, 0.5) is 0 Å². The molecule has 6 aliphatic rings. The average molecular weight is 1050 g/mol. The number of nitrogens with zero attached hydrogens (tertiary/aromatic N) is 17. The molecule has 12 heterocycles. The van der Waals surface area contributed by atoms with E-state index >= 15 is 0 Å². The minimum absolute atomic E-state index is 0.616. The van der Waals surface area contributed by atoms with Crippen LogP contribution < -0.4 is 0 Å². The largest absolute Gasteiger partial charge is 0.373 e. The Bertz CT molecular complexity index is 2340. The van der Waals surface area contributed by atoms with Crippen LogP contribution in [0.2, 0.25) is 0 Å². The second-order valence-corrected chi connectivity index (χ2v) is 24.1. The number of fused-ring (bicyclic) bond motifs is 6. The second-order valence-electron chi connectivity index (χ2n) is 24.1. The van der Waals surface area contributed by atoms with Crippen molar-refractivity contribution in [1.29, 1.82) is 0 Å². The fraction of sp³-hybridized carbons (Fsp3) is 0.772. The van der Waals surface area contributed by atoms with Gasteiger partial charge in [-0.1, -0.05) is 93.5 Å². The SMILES string of the molecule is CC(C)Cc1cnn2c1COCC2.CC(C)Cc1nnc2n1CCC2.CC(C)Cc1nnc2n1CCCC2.CC(C)Cc1nnc2n1CCOC2.CC(C)Cc1nnn2c1CCC2.CC(C)Cc1nnn2c1CCCC2. The molecule has 12 rings (SSSR count). The lowest BCUT2D eigenvalue weighted by molar-refractivity contribution is 0.0793. The molecule has 0 N–H and O–H groups in total. The third kappa shape index (κ3) is 16.9. The zero-order valence-corrected chi connectivity index (χ0v) is 48.8. The number of hydrogen-bond acceptors (Lipinski definition) is 13. The first-order valence-corrected chi connectivity index (χ1v) is 29.4. The van der Waals surface area contributed by atoms with Crippen LogP contribution >= 0.6 is 0 Å². The van der Waals surface area contributed by atoms with Crippen LogP contribution in [0.1, 0.15) is 191 Å². The molecule has 19 nitrogen and oxygen atoms in total. The van der Waals surface area contributed by atoms with Gasteiger partial charge >= 0.3 is 0 Å². The third-order valence-corrected chi connectivity index (χ3v) is 14.2. The van der Waals surface area contributed by atoms with E-state index in [1.807, 2.05) is 6.20 Å². The highest BCUT2D eigenvalue weighted by atomic mass is 16.5. The Morgan fingerprint density at radius 2 is 0.816 bits per heavy atom. The van der Waals surface area contributed by atoms with Crippen LogP contribution in [-0.2, 0) is 126 Å². The van der Waals surface area contributed by atoms with Crippen LogP contribution in [-0.4, -0.2) is 97.3 Å². The predicted molar refractivity (Wildman–Crippen MR) is 295 cm³/mol. The maximum absolute atomic E-state index is 5.42. The molecule has 0 aliphatic carbocycles. The lowest BCUT2D eigenvalue weighted by atomic mass is 10.0. The summed E-state index contributed by atoms with van der Waals surface area (Å²) in [6.45, 7) is 35.8. The topological polar surface area (TPSA) is 190 Å². The van der Waals surface area contributed by atoms with Gasteiger partial charge in [0.15, 0.2) is 5.82 Å². The summed E-state index contributed by atoms with van der Waals surface area (Å²) in [7, 11) is 0. The van der Waals surface area contributed by atoms with E-state index in [9.17, 15) is 0 Å². The summed E-state index contributed by atoms with van der Waals surface area (Å²) in [5.41, 5.74) is 7.86. The van der Waals surface area contributed by atoms with Crippen molar-refractivity contribution in [1.82, 2.24) is 84.1 Å². The number of rotatable bonds is 12. The monoisotopic (exact) mass is 1050 g/mol. The van der Waals surface area contributed by atoms with Crippen LogP contribution in [0.3, 0.4) is 0 Å². The molecule has 0 saturated heterocycles. The van der Waals surface area contributed by atoms with Crippen molar-refractivity contribution in [2.24, 2.45) is 35.5 Å². The Morgan fingerprint density at radius 3 is 1.38 bits per heavy atom. The molecule has 0 saturated carbocycles. The standard InChI is InChI=1S/2C10H17N3.C10H16N2O.C9H15N3O.2C9H15N3/c1-8(2)7-9-10-5-3-4-6-13(10)12-11-9;1-8(2)7-10-12-11-9-5-3-4-6-13(9)10;1-8(2)5-9-6-11-12-3-4-13-7-10(9)12;1-7(2)5-8-10-11-9-6-13-4-3-12(8)9;1-7(2)6-8-9-4-3-5-12(9)11-10-8;1-7(2)6-9-11-10-8-4-3-5-12(8)9/h2*8H,3-7H2,1-2H3;6,8H,3-5,7H2,1-2H3;7H,3-6H2,1-2H3;2*7H,3-6H2,1-2H3. The first kappa shape index (κ1) is 58.5. The summed E-state index contributed by atoms with van der Waals surface area (Å²) < 4.78 is 23.7. The van der Waals surface area contributed by atoms with Gasteiger partial charge in [-0.3, -0.25) is 4.68 Å². The minimum atomic E-state index is 0.616. The number of hydrogen-bond donors (Lipinski definition) is 0. The number of ether oxygens (including phenoxy) is 2. The molecule has 6 aromatic rings. The summed E-state index contributed by atoms with van der Waals surface area (Å²) in [6, 6.07) is 0. The predicted octanol–water partition coefficient (Wildman–Crippen LogP) is 9.09. The second kappa shape index (κ2) is 29.0. The lowest BCUT2D eigenvalue weighted by Gasteiger charge is -2.16. The quantitative estimate of drug-likeness (QED) is 0.113. The summed E-state index contributed by atoms with van der Waals surface area (Å²) in [5, 5.41) is 46.2. The van der Waals surface area contributed by atoms with E-state index < -0.39 is 0 Å². The normalized spacial score (nSPS) is 16.0. The van der Waals surface area contributed by atoms with Gasteiger partial charge in [0, 0.05) is 64.8 Å². The van der Waals surface area contributed by atoms with E-state index in [4.69, 9.17) is 9.47 Å². The van der Waals surface area contributed by atoms with Crippen LogP contribution in [0.25, 0.3) is 0 Å². The molecule has 420 valence electrons. The van der Waals surface area contributed by atoms with Gasteiger partial charge in [-0.05, 0) is 112 Å². The maximum Gasteiger partial charge on any atom is 0.159 e. The number of aromatic nitrogens is 17. The van der Waals surface area contributed by atoms with Crippen molar-refractivity contribution in [3.8, 4) is 0 Å². The lowest BCUT2D eigenvalue weighted by Crippen LogP contribution is -2.19. The Morgan fingerprint density at radius 1 is 0.382 bits per heavy atom. The van der Waals surface area contributed by atoms with Gasteiger partial charge in [-0.2, -0.15) is 5.10 Å². The maximum atomic E-state index is 5.42. The van der Waals surface area contributed by atoms with Crippen molar-refractivity contribution in [3.05, 3.63) is 75.2 Å². The fourth-order valence-electron chi connectivity index (χ4n) is 10.6. The van der Waals surface area contributed by atoms with E-state index in [1.165, 1.54) is 109 Å². The Kier molecular flexibility index (Phi) is 22.3. The van der Waals surface area contributed by atoms with Crippen molar-refractivity contribution in [3.63, 3.8) is 0 Å². The van der Waals surface area contributed by atoms with Crippen molar-refractivity contribution >= 4 is 0 Å². The molecule has 0 radical (unpaired) electrons. The molecule has 0 amide bonds. The van der Waals surface area contributed by atoms with E-state index in [2.05, 4.69) is 167 Å². The molecule has 0 aromatic carbocycles. The summed E-state index contributed by atoms with van der Waals surface area (Å²) in [5.74, 6) is 10.9. The van der Waals surface area contributed by atoms with Gasteiger partial charge in [-0.15, -0.1) is 40.8 Å². The van der Waals surface area contributed by atoms with E-state index in [0.717, 1.165) is 122 Å². The highest BCUT2D eigenvalue weighted by Gasteiger charge is 2.22. The van der Waals surface area contributed by atoms with Crippen molar-refractivity contribution < 1.29 is 9.47 Å². The molecule has 0 atom stereocenters. The molecule has 0 unspecified atom stereocenters. The van der Waals surface area contributed by atoms with E-state index in [-0.39, 0.29) is 0 Å². The Hall–Kier alpha value is -5.17. The molecule has 76 heavy (non-hydrogen) atoms. The summed E-state index contributed by atoms with van der Waals surface area (Å²) in [6.07, 6.45) is 20.6. The molecule has 0 bridgehead atoms. The molecule has 19 heteroatoms. The zero-order chi connectivity index (χ0) is 54.1. The molecule has 6 aliphatic heterocycles. The molecule has 6 aromatic heterocycles. The van der Waals surface area contributed by atoms with E-state index in [0.29, 0.717) is 42.1 Å². The molecule has 0 fully saturated rings. The van der Waals surface area contributed by atoms with Crippen molar-refractivity contribution in [2.45, 2.75) is 238 Å². The first-order valence-electron chi connectivity index (χ1n) is 29.4. The Labute approximate surface area is 454 Å². The smallest absolute Gasteiger partial charge is 0.159 e. The van der Waals surface area contributed by atoms with Gasteiger partial charge in [0.05, 0.1) is 61.0 Å². The van der Waals surface area contributed by atoms with Gasteiger partial charge in [0.2, 0.25) is 0 Å². The zero-order valence-electron chi connectivity index (χ0n) is 48.8. The molecular formula is C57H95N17O2. The Balaban J connectivity index is 0.000000133. The first-order chi connectivity index (χ1) is 36.6. The summed E-state index contributed by atoms with van der Waals surface area (Å²) in [4.78, 5) is 0. The minimum Gasteiger partial charge on any atom is -0.373 e. The van der Waals surface area contributed by atoms with Crippen LogP contribution in [0.15, 0.2) is 6.20 Å². The molecule has 0 spiro atoms. The van der Waals surface area contributed by atoms with Gasteiger partial charge in [0.1, 0.15) is 35.7 Å². The average Bonchev–Trinajstić information content (AvgIpc) is 4.26. The van der Waals surface area contributed by atoms with Gasteiger partial charge in [0.25, 0.3) is 0 Å². The molecular weight excluding hydrogens is 955 g/mol. The van der Waals surface area contributed by atoms with Gasteiger partial charge < -0.3 is 23.2 Å². The highest BCUT2D eigenvalue weighted by molar-refractivity contribution is 5.18. The van der Waals surface area contributed by atoms with E-state index in [1.54, 1.807) is 0 Å². The summed E-state index contributed by atoms with van der Waals surface area (Å²) >= 11 is 0. The third-order valence-electron chi connectivity index (χ3n) is 14.2. The highest BCUT2D eigenvalue weighted by Crippen LogP contribution is 2.22. The fourth-order valence-corrected chi connectivity index (χ4v) is 10.6. The van der Waals surface area contributed by atoms with Crippen molar-refractivity contribution in [2.75, 3.05) is 13.2 Å². The van der Waals surface area contributed by atoms with Gasteiger partial charge in [-0.25, -0.2) is 9.36 Å². The van der Waals surface area contributed by atoms with Crippen LogP contribution in [0, 0.1) is 35.5 Å². The van der Waals surface area contributed by atoms with Crippen LogP contribution in [0.5, 0.6) is 0 Å².